The Balaban J connectivity index is 1.20. The monoisotopic (exact) mass is 702 g/mol. The molecule has 10 rings (SSSR count). The van der Waals surface area contributed by atoms with Gasteiger partial charge in [0.25, 0.3) is 0 Å². The van der Waals surface area contributed by atoms with E-state index in [0.29, 0.717) is 5.82 Å². The maximum absolute atomic E-state index is 5.38. The van der Waals surface area contributed by atoms with Crippen LogP contribution in [0.25, 0.3) is 95.0 Å². The van der Waals surface area contributed by atoms with Crippen molar-refractivity contribution >= 4 is 16.3 Å². The summed E-state index contributed by atoms with van der Waals surface area (Å²) in [5, 5.41) is 7.60. The Morgan fingerprint density at radius 3 is 1.44 bits per heavy atom. The molecule has 0 aliphatic carbocycles. The zero-order chi connectivity index (χ0) is 36.6. The molecule has 0 radical (unpaired) electrons. The first-order chi connectivity index (χ1) is 27.3. The van der Waals surface area contributed by atoms with E-state index in [-0.39, 0.29) is 0 Å². The van der Waals surface area contributed by atoms with Crippen LogP contribution in [0.2, 0.25) is 0 Å². The minimum Gasteiger partial charge on any atom is -0.231 e. The van der Waals surface area contributed by atoms with Crippen LogP contribution >= 0.6 is 0 Å². The van der Waals surface area contributed by atoms with Crippen LogP contribution < -0.4 is 0 Å². The molecule has 0 N–H and O–H groups in total. The van der Waals surface area contributed by atoms with Crippen LogP contribution in [0.4, 0.5) is 0 Å². The summed E-state index contributed by atoms with van der Waals surface area (Å²) in [5.74, 6) is 0.690. The van der Waals surface area contributed by atoms with Gasteiger partial charge in [-0.05, 0) is 40.3 Å². The molecule has 0 atom stereocenters. The van der Waals surface area contributed by atoms with Gasteiger partial charge in [0.1, 0.15) is 5.69 Å². The van der Waals surface area contributed by atoms with E-state index in [2.05, 4.69) is 187 Å². The Bertz CT molecular complexity index is 2920. The zero-order valence-electron chi connectivity index (χ0n) is 29.9. The first-order valence-corrected chi connectivity index (χ1v) is 18.5. The van der Waals surface area contributed by atoms with Gasteiger partial charge in [-0.25, -0.2) is 14.5 Å². The summed E-state index contributed by atoms with van der Waals surface area (Å²) >= 11 is 0. The van der Waals surface area contributed by atoms with E-state index < -0.39 is 0 Å². The largest absolute Gasteiger partial charge is 0.231 e. The maximum atomic E-state index is 5.38. The number of pyridine rings is 1. The predicted molar refractivity (Wildman–Crippen MR) is 226 cm³/mol. The van der Waals surface area contributed by atoms with E-state index in [0.717, 1.165) is 78.0 Å². The molecular formula is C51H34N4. The van der Waals surface area contributed by atoms with Crippen LogP contribution in [0.3, 0.4) is 0 Å². The summed E-state index contributed by atoms with van der Waals surface area (Å²) in [6.07, 6.45) is 0. The van der Waals surface area contributed by atoms with Crippen molar-refractivity contribution in [2.45, 2.75) is 0 Å². The van der Waals surface area contributed by atoms with Crippen LogP contribution in [0, 0.1) is 0 Å². The fourth-order valence-corrected chi connectivity index (χ4v) is 7.52. The van der Waals surface area contributed by atoms with Crippen LogP contribution in [-0.2, 0) is 0 Å². The minimum absolute atomic E-state index is 0.690. The molecule has 0 amide bonds. The average molecular weight is 703 g/mol. The maximum Gasteiger partial charge on any atom is 0.160 e. The van der Waals surface area contributed by atoms with Crippen LogP contribution in [0.1, 0.15) is 0 Å². The summed E-state index contributed by atoms with van der Waals surface area (Å²) in [6.45, 7) is 0. The third-order valence-corrected chi connectivity index (χ3v) is 10.2. The number of hydrogen-bond acceptors (Lipinski definition) is 3. The number of benzene rings is 7. The standard InChI is InChI=1S/C51H34N4/c1-6-16-35(17-7-1)36-26-28-37(29-27-36)45-34-46(53-51(52-45)41-24-14-5-15-25-41)42-30-31-44-43(32-42)33-47(38-18-8-2-9-19-38)55-50(44)48(39-20-10-3-11-21-39)49(54-55)40-22-12-4-13-23-40/h1-34H. The second kappa shape index (κ2) is 13.8. The highest BCUT2D eigenvalue weighted by Crippen LogP contribution is 2.42. The zero-order valence-corrected chi connectivity index (χ0v) is 29.9. The van der Waals surface area contributed by atoms with Gasteiger partial charge in [0.2, 0.25) is 0 Å². The molecule has 10 aromatic rings. The van der Waals surface area contributed by atoms with Gasteiger partial charge < -0.3 is 0 Å². The minimum atomic E-state index is 0.690. The van der Waals surface area contributed by atoms with Crippen LogP contribution in [0.15, 0.2) is 206 Å². The second-order valence-electron chi connectivity index (χ2n) is 13.7. The third kappa shape index (κ3) is 6.06. The van der Waals surface area contributed by atoms with Gasteiger partial charge in [-0.3, -0.25) is 0 Å². The highest BCUT2D eigenvalue weighted by molar-refractivity contribution is 6.09. The van der Waals surface area contributed by atoms with Gasteiger partial charge in [0.15, 0.2) is 5.82 Å². The summed E-state index contributed by atoms with van der Waals surface area (Å²) in [4.78, 5) is 10.3. The smallest absolute Gasteiger partial charge is 0.160 e. The summed E-state index contributed by atoms with van der Waals surface area (Å²) in [6, 6.07) is 72.0. The Morgan fingerprint density at radius 1 is 0.345 bits per heavy atom. The van der Waals surface area contributed by atoms with Gasteiger partial charge in [-0.1, -0.05) is 188 Å². The van der Waals surface area contributed by atoms with E-state index in [1.807, 2.05) is 24.3 Å². The quantitative estimate of drug-likeness (QED) is 0.166. The lowest BCUT2D eigenvalue weighted by atomic mass is 9.95. The Labute approximate surface area is 319 Å². The number of nitrogens with zero attached hydrogens (tertiary/aromatic N) is 4. The molecular weight excluding hydrogens is 669 g/mol. The molecule has 0 fully saturated rings. The lowest BCUT2D eigenvalue weighted by Gasteiger charge is -2.13. The average Bonchev–Trinajstić information content (AvgIpc) is 3.68. The predicted octanol–water partition coefficient (Wildman–Crippen LogP) is 12.9. The van der Waals surface area contributed by atoms with E-state index in [1.54, 1.807) is 0 Å². The Hall–Kier alpha value is -7.43. The van der Waals surface area contributed by atoms with Crippen LogP contribution in [-0.4, -0.2) is 19.6 Å². The van der Waals surface area contributed by atoms with Crippen molar-refractivity contribution in [2.24, 2.45) is 0 Å². The molecule has 258 valence electrons. The van der Waals surface area contributed by atoms with Gasteiger partial charge >= 0.3 is 0 Å². The summed E-state index contributed by atoms with van der Waals surface area (Å²) in [5.41, 5.74) is 14.6. The number of fused-ring (bicyclic) bond motifs is 3. The van der Waals surface area contributed by atoms with Crippen LogP contribution in [0.5, 0.6) is 0 Å². The first kappa shape index (κ1) is 32.2. The van der Waals surface area contributed by atoms with Crippen molar-refractivity contribution in [1.29, 1.82) is 0 Å². The Kier molecular flexibility index (Phi) is 8.12. The molecule has 4 nitrogen and oxygen atoms in total. The molecule has 0 aliphatic rings. The Morgan fingerprint density at radius 2 is 0.818 bits per heavy atom. The fraction of sp³-hybridized carbons (Fsp3) is 0. The third-order valence-electron chi connectivity index (χ3n) is 10.2. The van der Waals surface area contributed by atoms with Gasteiger partial charge in [0, 0.05) is 38.8 Å². The van der Waals surface area contributed by atoms with E-state index >= 15 is 0 Å². The number of aromatic nitrogens is 4. The molecule has 0 bridgehead atoms. The number of rotatable bonds is 7. The van der Waals surface area contributed by atoms with Crippen molar-refractivity contribution in [1.82, 2.24) is 19.6 Å². The summed E-state index contributed by atoms with van der Waals surface area (Å²) in [7, 11) is 0. The highest BCUT2D eigenvalue weighted by Gasteiger charge is 2.22. The highest BCUT2D eigenvalue weighted by atomic mass is 15.2. The lowest BCUT2D eigenvalue weighted by Crippen LogP contribution is -1.97. The molecule has 0 spiro atoms. The molecule has 0 unspecified atom stereocenters. The normalized spacial score (nSPS) is 11.3. The van der Waals surface area contributed by atoms with Gasteiger partial charge in [-0.2, -0.15) is 5.10 Å². The molecule has 55 heavy (non-hydrogen) atoms. The van der Waals surface area contributed by atoms with E-state index in [9.17, 15) is 0 Å². The van der Waals surface area contributed by atoms with E-state index in [4.69, 9.17) is 15.1 Å². The topological polar surface area (TPSA) is 43.1 Å². The second-order valence-corrected chi connectivity index (χ2v) is 13.7. The van der Waals surface area contributed by atoms with Crippen molar-refractivity contribution in [3.05, 3.63) is 206 Å². The molecule has 0 aliphatic heterocycles. The molecule has 3 aromatic heterocycles. The molecule has 4 heteroatoms. The fourth-order valence-electron chi connectivity index (χ4n) is 7.52. The van der Waals surface area contributed by atoms with Crippen molar-refractivity contribution in [3.8, 4) is 78.7 Å². The molecule has 0 saturated heterocycles. The van der Waals surface area contributed by atoms with Gasteiger partial charge in [0.05, 0.1) is 22.6 Å². The van der Waals surface area contributed by atoms with Crippen molar-refractivity contribution < 1.29 is 0 Å². The first-order valence-electron chi connectivity index (χ1n) is 18.5. The molecule has 7 aromatic carbocycles. The number of hydrogen-bond donors (Lipinski definition) is 0. The lowest BCUT2D eigenvalue weighted by molar-refractivity contribution is 0.979. The van der Waals surface area contributed by atoms with E-state index in [1.165, 1.54) is 11.1 Å². The summed E-state index contributed by atoms with van der Waals surface area (Å²) < 4.78 is 2.14. The molecule has 0 saturated carbocycles. The van der Waals surface area contributed by atoms with Crippen molar-refractivity contribution in [3.63, 3.8) is 0 Å². The SMILES string of the molecule is c1ccc(-c2ccc(-c3cc(-c4ccc5c(c4)cc(-c4ccccc4)n4nc(-c6ccccc6)c(-c6ccccc6)c54)nc(-c4ccccc4)n3)cc2)cc1. The van der Waals surface area contributed by atoms with Crippen molar-refractivity contribution in [2.75, 3.05) is 0 Å². The van der Waals surface area contributed by atoms with Gasteiger partial charge in [-0.15, -0.1) is 0 Å². The molecule has 3 heterocycles.